The third-order valence-electron chi connectivity index (χ3n) is 7.17. The maximum absolute atomic E-state index is 10.1. The van der Waals surface area contributed by atoms with Gasteiger partial charge in [-0.15, -0.1) is 0 Å². The van der Waals surface area contributed by atoms with E-state index in [4.69, 9.17) is 14.5 Å². The second-order valence-corrected chi connectivity index (χ2v) is 9.63. The van der Waals surface area contributed by atoms with Gasteiger partial charge in [0, 0.05) is 23.4 Å². The largest absolute Gasteiger partial charge is 0.506 e. The van der Waals surface area contributed by atoms with Crippen LogP contribution in [-0.2, 0) is 16.7 Å². The van der Waals surface area contributed by atoms with E-state index in [1.54, 1.807) is 18.2 Å². The molecule has 6 rings (SSSR count). The number of nitrogens with zero attached hydrogens (tertiary/aromatic N) is 2. The van der Waals surface area contributed by atoms with Crippen LogP contribution in [0.5, 0.6) is 17.4 Å². The number of hydrogen-bond acceptors (Lipinski definition) is 5. The van der Waals surface area contributed by atoms with Crippen LogP contribution in [0.4, 0.5) is 0 Å². The second-order valence-electron chi connectivity index (χ2n) is 9.63. The molecule has 2 heterocycles. The fourth-order valence-corrected chi connectivity index (χ4v) is 5.68. The van der Waals surface area contributed by atoms with Crippen LogP contribution in [0, 0.1) is 5.92 Å². The highest BCUT2D eigenvalue weighted by Gasteiger charge is 2.62. The van der Waals surface area contributed by atoms with Crippen molar-refractivity contribution in [2.75, 3.05) is 0 Å². The molecule has 1 aliphatic carbocycles. The lowest BCUT2D eigenvalue weighted by molar-refractivity contribution is 0.0164. The van der Waals surface area contributed by atoms with Crippen molar-refractivity contribution in [3.8, 4) is 17.4 Å². The Kier molecular flexibility index (Phi) is 4.46. The lowest BCUT2D eigenvalue weighted by atomic mass is 9.73. The van der Waals surface area contributed by atoms with E-state index in [0.29, 0.717) is 23.0 Å². The molecule has 0 spiro atoms. The molecule has 3 aromatic carbocycles. The number of aromatic hydroxyl groups is 1. The zero-order valence-electron chi connectivity index (χ0n) is 19.4. The maximum atomic E-state index is 10.1. The van der Waals surface area contributed by atoms with E-state index < -0.39 is 11.1 Å². The molecule has 1 aliphatic heterocycles. The van der Waals surface area contributed by atoms with Gasteiger partial charge in [-0.25, -0.2) is 9.98 Å². The fraction of sp³-hybridized carbons (Fsp3) is 0.241. The lowest BCUT2D eigenvalue weighted by Gasteiger charge is -2.38. The monoisotopic (exact) mass is 450 g/mol. The van der Waals surface area contributed by atoms with Crippen LogP contribution in [-0.4, -0.2) is 21.6 Å². The summed E-state index contributed by atoms with van der Waals surface area (Å²) in [4.78, 5) is 9.74. The number of fused-ring (bicyclic) bond motifs is 4. The van der Waals surface area contributed by atoms with E-state index in [0.717, 1.165) is 17.4 Å². The summed E-state index contributed by atoms with van der Waals surface area (Å²) in [6.45, 7) is 6.61. The standard InChI is InChI=1S/C29H26N2O3/c1-18(2)29-23-12-5-4-8-21(23)17-28(29,3)34-27(31-29)20-10-6-11-22(16-20)33-25-15-14-19-9-7-13-24(32)26(19)30-25/h4-16,18,32H,17H2,1-3H3/t28-,29+/m1/s1. The fourth-order valence-electron chi connectivity index (χ4n) is 5.68. The topological polar surface area (TPSA) is 63.9 Å². The van der Waals surface area contributed by atoms with Gasteiger partial charge in [-0.2, -0.15) is 0 Å². The number of hydrogen-bond donors (Lipinski definition) is 1. The number of phenolic OH excluding ortho intramolecular Hbond substituents is 1. The first-order valence-corrected chi connectivity index (χ1v) is 11.6. The minimum absolute atomic E-state index is 0.129. The summed E-state index contributed by atoms with van der Waals surface area (Å²) in [7, 11) is 0. The molecular weight excluding hydrogens is 424 g/mol. The Hall–Kier alpha value is -3.86. The Balaban J connectivity index is 1.37. The summed E-state index contributed by atoms with van der Waals surface area (Å²) in [5.74, 6) is 2.08. The summed E-state index contributed by atoms with van der Waals surface area (Å²) in [6, 6.07) is 25.3. The molecule has 0 bridgehead atoms. The number of para-hydroxylation sites is 1. The average Bonchev–Trinajstić information content (AvgIpc) is 3.26. The summed E-state index contributed by atoms with van der Waals surface area (Å²) >= 11 is 0. The van der Waals surface area contributed by atoms with Gasteiger partial charge in [-0.1, -0.05) is 56.3 Å². The molecule has 1 aromatic heterocycles. The molecule has 1 N–H and O–H groups in total. The molecule has 2 aliphatic rings. The van der Waals surface area contributed by atoms with Crippen molar-refractivity contribution in [1.82, 2.24) is 4.98 Å². The quantitative estimate of drug-likeness (QED) is 0.392. The van der Waals surface area contributed by atoms with Crippen molar-refractivity contribution in [1.29, 1.82) is 0 Å². The van der Waals surface area contributed by atoms with E-state index in [2.05, 4.69) is 50.0 Å². The molecule has 2 atom stereocenters. The molecule has 5 nitrogen and oxygen atoms in total. The SMILES string of the molecule is CC(C)[C@@]12N=C(c3cccc(Oc4ccc5cccc(O)c5n4)c3)O[C@]1(C)Cc1ccccc12. The molecule has 4 aromatic rings. The molecule has 34 heavy (non-hydrogen) atoms. The normalized spacial score (nSPS) is 22.9. The highest BCUT2D eigenvalue weighted by molar-refractivity contribution is 5.97. The van der Waals surface area contributed by atoms with E-state index in [1.807, 2.05) is 36.4 Å². The van der Waals surface area contributed by atoms with Gasteiger partial charge in [-0.05, 0) is 54.3 Å². The Morgan fingerprint density at radius 3 is 2.65 bits per heavy atom. The van der Waals surface area contributed by atoms with E-state index >= 15 is 0 Å². The second kappa shape index (κ2) is 7.32. The van der Waals surface area contributed by atoms with Crippen molar-refractivity contribution >= 4 is 16.8 Å². The van der Waals surface area contributed by atoms with Crippen molar-refractivity contribution in [2.45, 2.75) is 38.3 Å². The first-order valence-electron chi connectivity index (χ1n) is 11.6. The van der Waals surface area contributed by atoms with Crippen LogP contribution in [0.1, 0.15) is 37.5 Å². The predicted octanol–water partition coefficient (Wildman–Crippen LogP) is 6.38. The first-order chi connectivity index (χ1) is 16.4. The third-order valence-corrected chi connectivity index (χ3v) is 7.17. The zero-order chi connectivity index (χ0) is 23.5. The molecule has 5 heteroatoms. The van der Waals surface area contributed by atoms with E-state index in [1.165, 1.54) is 11.1 Å². The van der Waals surface area contributed by atoms with Crippen LogP contribution in [0.25, 0.3) is 10.9 Å². The summed E-state index contributed by atoms with van der Waals surface area (Å²) in [5.41, 5.74) is 3.09. The molecule has 0 unspecified atom stereocenters. The number of rotatable bonds is 4. The average molecular weight is 451 g/mol. The molecule has 0 amide bonds. The van der Waals surface area contributed by atoms with Gasteiger partial charge in [0.2, 0.25) is 11.8 Å². The van der Waals surface area contributed by atoms with Crippen LogP contribution in [0.3, 0.4) is 0 Å². The van der Waals surface area contributed by atoms with Gasteiger partial charge in [0.05, 0.1) is 0 Å². The highest BCUT2D eigenvalue weighted by atomic mass is 16.5. The predicted molar refractivity (Wildman–Crippen MR) is 133 cm³/mol. The van der Waals surface area contributed by atoms with Crippen molar-refractivity contribution in [3.63, 3.8) is 0 Å². The summed E-state index contributed by atoms with van der Waals surface area (Å²) in [6.07, 6.45) is 0.828. The Labute approximate surface area is 198 Å². The summed E-state index contributed by atoms with van der Waals surface area (Å²) < 4.78 is 12.7. The molecule has 0 saturated carbocycles. The number of benzene rings is 3. The van der Waals surface area contributed by atoms with Crippen LogP contribution in [0.2, 0.25) is 0 Å². The van der Waals surface area contributed by atoms with E-state index in [-0.39, 0.29) is 11.7 Å². The molecule has 0 radical (unpaired) electrons. The number of aliphatic imine (C=N–C) groups is 1. The van der Waals surface area contributed by atoms with Gasteiger partial charge in [0.15, 0.2) is 0 Å². The molecule has 0 saturated heterocycles. The van der Waals surface area contributed by atoms with Gasteiger partial charge in [-0.3, -0.25) is 0 Å². The van der Waals surface area contributed by atoms with Crippen molar-refractivity contribution in [3.05, 3.63) is 95.6 Å². The smallest absolute Gasteiger partial charge is 0.219 e. The van der Waals surface area contributed by atoms with Gasteiger partial charge in [0.25, 0.3) is 0 Å². The number of pyridine rings is 1. The third kappa shape index (κ3) is 2.93. The Bertz CT molecular complexity index is 1460. The number of ether oxygens (including phenoxy) is 2. The first kappa shape index (κ1) is 20.7. The Morgan fingerprint density at radius 1 is 0.971 bits per heavy atom. The zero-order valence-corrected chi connectivity index (χ0v) is 19.4. The maximum Gasteiger partial charge on any atom is 0.219 e. The lowest BCUT2D eigenvalue weighted by Crippen LogP contribution is -2.47. The van der Waals surface area contributed by atoms with Gasteiger partial charge >= 0.3 is 0 Å². The summed E-state index contributed by atoms with van der Waals surface area (Å²) in [5, 5.41) is 11.0. The van der Waals surface area contributed by atoms with Gasteiger partial charge < -0.3 is 14.6 Å². The van der Waals surface area contributed by atoms with Crippen molar-refractivity contribution < 1.29 is 14.6 Å². The minimum Gasteiger partial charge on any atom is -0.506 e. The Morgan fingerprint density at radius 2 is 1.79 bits per heavy atom. The molecule has 0 fully saturated rings. The van der Waals surface area contributed by atoms with Gasteiger partial charge in [0.1, 0.15) is 28.2 Å². The van der Waals surface area contributed by atoms with Crippen LogP contribution < -0.4 is 4.74 Å². The highest BCUT2D eigenvalue weighted by Crippen LogP contribution is 2.57. The van der Waals surface area contributed by atoms with Crippen molar-refractivity contribution in [2.24, 2.45) is 10.9 Å². The van der Waals surface area contributed by atoms with Crippen LogP contribution >= 0.6 is 0 Å². The minimum atomic E-state index is -0.436. The van der Waals surface area contributed by atoms with Crippen LogP contribution in [0.15, 0.2) is 83.9 Å². The number of aromatic nitrogens is 1. The molecular formula is C29H26N2O3. The number of phenols is 1. The molecule has 170 valence electrons. The van der Waals surface area contributed by atoms with E-state index in [9.17, 15) is 5.11 Å².